The van der Waals surface area contributed by atoms with E-state index >= 15 is 0 Å². The van der Waals surface area contributed by atoms with E-state index in [9.17, 15) is 0 Å². The van der Waals surface area contributed by atoms with Gasteiger partial charge in [-0.3, -0.25) is 0 Å². The van der Waals surface area contributed by atoms with E-state index in [1.54, 1.807) is 0 Å². The first-order valence-corrected chi connectivity index (χ1v) is 12.4. The van der Waals surface area contributed by atoms with Crippen LogP contribution in [0.25, 0.3) is 5.57 Å². The van der Waals surface area contributed by atoms with Crippen molar-refractivity contribution in [3.63, 3.8) is 0 Å². The van der Waals surface area contributed by atoms with Crippen LogP contribution in [0, 0.1) is 12.8 Å². The topological polar surface area (TPSA) is 3.24 Å². The molecular weight excluding hydrogens is 398 g/mol. The summed E-state index contributed by atoms with van der Waals surface area (Å²) in [7, 11) is 0. The van der Waals surface area contributed by atoms with Gasteiger partial charge in [-0.2, -0.15) is 0 Å². The molecule has 0 atom stereocenters. The molecule has 1 aromatic carbocycles. The van der Waals surface area contributed by atoms with Gasteiger partial charge in [0.2, 0.25) is 0 Å². The highest BCUT2D eigenvalue weighted by atomic mass is 15.1. The standard InChI is InChI=1S/C18H25N.C8H14.2C2H6.C2H2/c1-6-9-10-16(7-2)17-11-13-18(14-12-17)19(8-3)15(4)5;1-4-6-8(3)7-5-2;3*1-2/h7,9-14H,4,6,8H2,1-3,5H3;4,6-7H,5H2,1-3H3;2*1-2H3;1-2H/b10-9-,16-7+;6-4-,8-7-;;;. The minimum atomic E-state index is 0.945. The number of allylic oxidation sites excluding steroid dienone is 9. The molecular formula is C32H53N. The molecule has 0 aliphatic carbocycles. The van der Waals surface area contributed by atoms with Gasteiger partial charge in [-0.1, -0.05) is 102 Å². The molecule has 0 aromatic heterocycles. The summed E-state index contributed by atoms with van der Waals surface area (Å²) in [6.07, 6.45) is 23.1. The maximum atomic E-state index is 4.02. The smallest absolute Gasteiger partial charge is 0.0408 e. The van der Waals surface area contributed by atoms with Gasteiger partial charge in [0.25, 0.3) is 0 Å². The van der Waals surface area contributed by atoms with Gasteiger partial charge in [0.1, 0.15) is 0 Å². The van der Waals surface area contributed by atoms with Crippen LogP contribution in [-0.2, 0) is 0 Å². The van der Waals surface area contributed by atoms with Gasteiger partial charge >= 0.3 is 0 Å². The van der Waals surface area contributed by atoms with Crippen LogP contribution in [0.4, 0.5) is 5.69 Å². The molecule has 0 bridgehead atoms. The highest BCUT2D eigenvalue weighted by Crippen LogP contribution is 2.23. The average Bonchev–Trinajstić information content (AvgIpc) is 2.85. The van der Waals surface area contributed by atoms with E-state index in [1.807, 2.05) is 41.5 Å². The van der Waals surface area contributed by atoms with Gasteiger partial charge in [-0.15, -0.1) is 12.8 Å². The SMILES string of the molecule is C#C.C/C=C\C(C)=C/CC.C=C(C)N(CC)c1ccc(C(/C=C\CC)=C/C)cc1.CC.CC. The number of hydrogen-bond donors (Lipinski definition) is 0. The third-order valence-electron chi connectivity index (χ3n) is 4.09. The number of hydrogen-bond acceptors (Lipinski definition) is 1. The lowest BCUT2D eigenvalue weighted by Crippen LogP contribution is -2.19. The Morgan fingerprint density at radius 3 is 1.73 bits per heavy atom. The summed E-state index contributed by atoms with van der Waals surface area (Å²) < 4.78 is 0. The molecule has 0 aliphatic heterocycles. The Hall–Kier alpha value is -2.72. The number of terminal acetylenes is 1. The molecule has 0 radical (unpaired) electrons. The molecule has 1 nitrogen and oxygen atoms in total. The van der Waals surface area contributed by atoms with E-state index in [0.29, 0.717) is 0 Å². The Balaban J connectivity index is -0.000000251. The Labute approximate surface area is 208 Å². The van der Waals surface area contributed by atoms with Gasteiger partial charge in [-0.25, -0.2) is 0 Å². The summed E-state index contributed by atoms with van der Waals surface area (Å²) in [6, 6.07) is 8.68. The van der Waals surface area contributed by atoms with Crippen LogP contribution >= 0.6 is 0 Å². The van der Waals surface area contributed by atoms with Crippen molar-refractivity contribution in [2.24, 2.45) is 0 Å². The summed E-state index contributed by atoms with van der Waals surface area (Å²) in [6.45, 7) is 27.7. The second-order valence-corrected chi connectivity index (χ2v) is 6.44. The van der Waals surface area contributed by atoms with E-state index in [2.05, 4.69) is 120 Å². The lowest BCUT2D eigenvalue weighted by Gasteiger charge is -2.23. The normalized spacial score (nSPS) is 10.5. The first-order chi connectivity index (χ1) is 15.9. The minimum absolute atomic E-state index is 0.945. The molecule has 0 N–H and O–H groups in total. The second kappa shape index (κ2) is 29.3. The van der Waals surface area contributed by atoms with E-state index in [0.717, 1.165) is 25.1 Å². The summed E-state index contributed by atoms with van der Waals surface area (Å²) in [4.78, 5) is 2.21. The van der Waals surface area contributed by atoms with Crippen LogP contribution in [0.3, 0.4) is 0 Å². The van der Waals surface area contributed by atoms with E-state index < -0.39 is 0 Å². The molecule has 0 saturated heterocycles. The van der Waals surface area contributed by atoms with Crippen molar-refractivity contribution < 1.29 is 0 Å². The number of benzene rings is 1. The number of nitrogens with zero attached hydrogens (tertiary/aromatic N) is 1. The van der Waals surface area contributed by atoms with Crippen LogP contribution in [0.1, 0.15) is 94.6 Å². The Kier molecular flexibility index (Phi) is 33.4. The molecule has 186 valence electrons. The molecule has 33 heavy (non-hydrogen) atoms. The highest BCUT2D eigenvalue weighted by Gasteiger charge is 2.05. The number of anilines is 1. The van der Waals surface area contributed by atoms with Crippen LogP contribution in [0.2, 0.25) is 0 Å². The Morgan fingerprint density at radius 1 is 0.879 bits per heavy atom. The van der Waals surface area contributed by atoms with Crippen molar-refractivity contribution in [1.29, 1.82) is 0 Å². The molecule has 0 fully saturated rings. The van der Waals surface area contributed by atoms with Crippen LogP contribution < -0.4 is 4.90 Å². The molecule has 0 unspecified atom stereocenters. The van der Waals surface area contributed by atoms with Gasteiger partial charge in [0.05, 0.1) is 0 Å². The predicted octanol–water partition coefficient (Wildman–Crippen LogP) is 10.6. The van der Waals surface area contributed by atoms with Crippen LogP contribution in [-0.4, -0.2) is 6.54 Å². The third-order valence-corrected chi connectivity index (χ3v) is 4.09. The van der Waals surface area contributed by atoms with E-state index in [1.165, 1.54) is 22.4 Å². The maximum Gasteiger partial charge on any atom is 0.0408 e. The van der Waals surface area contributed by atoms with Crippen molar-refractivity contribution >= 4 is 11.3 Å². The lowest BCUT2D eigenvalue weighted by molar-refractivity contribution is 0.958. The summed E-state index contributed by atoms with van der Waals surface area (Å²) >= 11 is 0. The molecule has 0 spiro atoms. The number of rotatable bonds is 8. The maximum absolute atomic E-state index is 4.02. The molecule has 0 aliphatic rings. The third kappa shape index (κ3) is 19.7. The molecule has 0 heterocycles. The van der Waals surface area contributed by atoms with Crippen molar-refractivity contribution in [2.75, 3.05) is 11.4 Å². The van der Waals surface area contributed by atoms with Crippen LogP contribution in [0.15, 0.2) is 78.6 Å². The van der Waals surface area contributed by atoms with Crippen LogP contribution in [0.5, 0.6) is 0 Å². The van der Waals surface area contributed by atoms with E-state index in [-0.39, 0.29) is 0 Å². The Bertz CT molecular complexity index is 694. The van der Waals surface area contributed by atoms with Gasteiger partial charge in [-0.05, 0) is 70.7 Å². The minimum Gasteiger partial charge on any atom is -0.346 e. The molecule has 1 rings (SSSR count). The highest BCUT2D eigenvalue weighted by molar-refractivity contribution is 5.74. The second-order valence-electron chi connectivity index (χ2n) is 6.44. The predicted molar refractivity (Wildman–Crippen MR) is 159 cm³/mol. The molecule has 0 saturated carbocycles. The fourth-order valence-corrected chi connectivity index (χ4v) is 2.76. The fourth-order valence-electron chi connectivity index (χ4n) is 2.76. The largest absolute Gasteiger partial charge is 0.346 e. The zero-order valence-electron chi connectivity index (χ0n) is 23.7. The quantitative estimate of drug-likeness (QED) is 0.280. The summed E-state index contributed by atoms with van der Waals surface area (Å²) in [5, 5.41) is 0. The fraction of sp³-hybridized carbons (Fsp3) is 0.438. The first kappa shape index (κ1) is 37.6. The lowest BCUT2D eigenvalue weighted by atomic mass is 10.0. The average molecular weight is 452 g/mol. The monoisotopic (exact) mass is 451 g/mol. The Morgan fingerprint density at radius 2 is 1.39 bits per heavy atom. The zero-order chi connectivity index (χ0) is 26.7. The van der Waals surface area contributed by atoms with Crippen molar-refractivity contribution in [2.45, 2.75) is 89.0 Å². The van der Waals surface area contributed by atoms with Gasteiger partial charge in [0, 0.05) is 17.9 Å². The molecule has 1 aromatic rings. The van der Waals surface area contributed by atoms with Crippen molar-refractivity contribution in [3.8, 4) is 12.8 Å². The zero-order valence-corrected chi connectivity index (χ0v) is 23.7. The van der Waals surface area contributed by atoms with E-state index in [4.69, 9.17) is 0 Å². The summed E-state index contributed by atoms with van der Waals surface area (Å²) in [5.74, 6) is 0. The molecule has 1 heteroatoms. The van der Waals surface area contributed by atoms with Crippen molar-refractivity contribution in [3.05, 3.63) is 84.1 Å². The van der Waals surface area contributed by atoms with Gasteiger partial charge in [0.15, 0.2) is 0 Å². The summed E-state index contributed by atoms with van der Waals surface area (Å²) in [5.41, 5.74) is 6.16. The first-order valence-electron chi connectivity index (χ1n) is 12.4. The van der Waals surface area contributed by atoms with Gasteiger partial charge < -0.3 is 4.90 Å². The van der Waals surface area contributed by atoms with Crippen molar-refractivity contribution in [1.82, 2.24) is 0 Å². The molecule has 0 amide bonds.